The topological polar surface area (TPSA) is 42.2 Å². The fraction of sp³-hybridized carbons (Fsp3) is 0.333. The monoisotopic (exact) mass is 253 g/mol. The minimum atomic E-state index is -0.873. The lowest BCUT2D eigenvalue weighted by Crippen LogP contribution is -2.17. The van der Waals surface area contributed by atoms with Crippen LogP contribution in [0.25, 0.3) is 0 Å². The van der Waals surface area contributed by atoms with E-state index in [0.29, 0.717) is 30.4 Å². The van der Waals surface area contributed by atoms with Crippen molar-refractivity contribution >= 4 is 5.69 Å². The highest BCUT2D eigenvalue weighted by atomic mass is 19.2. The van der Waals surface area contributed by atoms with Crippen molar-refractivity contribution in [2.75, 3.05) is 11.9 Å². The molecule has 0 aliphatic heterocycles. The number of nitrogens with zero attached hydrogens (tertiary/aromatic N) is 3. The van der Waals surface area contributed by atoms with Crippen molar-refractivity contribution < 1.29 is 13.3 Å². The van der Waals surface area contributed by atoms with Gasteiger partial charge in [0.1, 0.15) is 0 Å². The maximum atomic E-state index is 13.1. The zero-order chi connectivity index (χ0) is 13.1. The Bertz CT molecular complexity index is 542. The van der Waals surface area contributed by atoms with Gasteiger partial charge < -0.3 is 9.42 Å². The van der Waals surface area contributed by atoms with Gasteiger partial charge in [-0.05, 0) is 12.1 Å². The van der Waals surface area contributed by atoms with Crippen molar-refractivity contribution in [2.45, 2.75) is 19.9 Å². The van der Waals surface area contributed by atoms with Crippen molar-refractivity contribution in [3.05, 3.63) is 41.5 Å². The summed E-state index contributed by atoms with van der Waals surface area (Å²) in [6.45, 7) is 2.28. The summed E-state index contributed by atoms with van der Waals surface area (Å²) in [6.07, 6.45) is 0.669. The standard InChI is InChI=1S/C12H13F2N3O/c1-3-12-15-11(16-18-12)7-17(2)8-4-5-9(13)10(14)6-8/h4-6H,3,7H2,1-2H3. The second-order valence-corrected chi connectivity index (χ2v) is 3.91. The smallest absolute Gasteiger partial charge is 0.226 e. The molecule has 0 radical (unpaired) electrons. The van der Waals surface area contributed by atoms with Crippen molar-refractivity contribution in [1.29, 1.82) is 0 Å². The van der Waals surface area contributed by atoms with E-state index in [-0.39, 0.29) is 0 Å². The number of aryl methyl sites for hydroxylation is 1. The summed E-state index contributed by atoms with van der Waals surface area (Å²) in [5.74, 6) is -0.663. The summed E-state index contributed by atoms with van der Waals surface area (Å²) in [7, 11) is 1.74. The zero-order valence-electron chi connectivity index (χ0n) is 10.2. The van der Waals surface area contributed by atoms with E-state index in [1.165, 1.54) is 6.07 Å². The van der Waals surface area contributed by atoms with Gasteiger partial charge in [0.05, 0.1) is 6.54 Å². The molecule has 0 saturated heterocycles. The van der Waals surface area contributed by atoms with Gasteiger partial charge in [-0.1, -0.05) is 12.1 Å². The molecule has 0 atom stereocenters. The number of benzene rings is 1. The quantitative estimate of drug-likeness (QED) is 0.839. The average Bonchev–Trinajstić information content (AvgIpc) is 2.80. The second kappa shape index (κ2) is 5.12. The Morgan fingerprint density at radius 3 is 2.67 bits per heavy atom. The average molecular weight is 253 g/mol. The summed E-state index contributed by atoms with van der Waals surface area (Å²) in [5, 5.41) is 3.80. The van der Waals surface area contributed by atoms with E-state index in [1.807, 2.05) is 6.92 Å². The van der Waals surface area contributed by atoms with E-state index >= 15 is 0 Å². The predicted molar refractivity (Wildman–Crippen MR) is 62.1 cm³/mol. The molecule has 0 spiro atoms. The number of halogens is 2. The molecular weight excluding hydrogens is 240 g/mol. The molecule has 2 rings (SSSR count). The third-order valence-corrected chi connectivity index (χ3v) is 2.54. The highest BCUT2D eigenvalue weighted by molar-refractivity contribution is 5.45. The summed E-state index contributed by atoms with van der Waals surface area (Å²) in [6, 6.07) is 3.73. The molecule has 0 N–H and O–H groups in total. The molecule has 18 heavy (non-hydrogen) atoms. The maximum absolute atomic E-state index is 13.1. The maximum Gasteiger partial charge on any atom is 0.226 e. The van der Waals surface area contributed by atoms with Crippen LogP contribution in [0.2, 0.25) is 0 Å². The van der Waals surface area contributed by atoms with E-state index in [9.17, 15) is 8.78 Å². The Morgan fingerprint density at radius 2 is 2.06 bits per heavy atom. The molecule has 2 aromatic rings. The second-order valence-electron chi connectivity index (χ2n) is 3.91. The zero-order valence-corrected chi connectivity index (χ0v) is 10.2. The Kier molecular flexibility index (Phi) is 3.55. The lowest BCUT2D eigenvalue weighted by molar-refractivity contribution is 0.376. The van der Waals surface area contributed by atoms with E-state index in [1.54, 1.807) is 11.9 Å². The van der Waals surface area contributed by atoms with Crippen LogP contribution in [0.3, 0.4) is 0 Å². The Hall–Kier alpha value is -1.98. The van der Waals surface area contributed by atoms with Crippen LogP contribution in [0, 0.1) is 11.6 Å². The SMILES string of the molecule is CCc1nc(CN(C)c2ccc(F)c(F)c2)no1. The molecule has 0 bridgehead atoms. The normalized spacial score (nSPS) is 10.7. The van der Waals surface area contributed by atoms with Crippen LogP contribution < -0.4 is 4.90 Å². The van der Waals surface area contributed by atoms with Crippen LogP contribution in [0.15, 0.2) is 22.7 Å². The first-order valence-electron chi connectivity index (χ1n) is 5.57. The highest BCUT2D eigenvalue weighted by Crippen LogP contribution is 2.18. The first-order chi connectivity index (χ1) is 8.60. The van der Waals surface area contributed by atoms with Crippen LogP contribution in [0.4, 0.5) is 14.5 Å². The molecule has 0 amide bonds. The number of hydrogen-bond donors (Lipinski definition) is 0. The summed E-state index contributed by atoms with van der Waals surface area (Å²) in [5.41, 5.74) is 0.553. The number of hydrogen-bond acceptors (Lipinski definition) is 4. The molecule has 6 heteroatoms. The molecular formula is C12H13F2N3O. The van der Waals surface area contributed by atoms with Gasteiger partial charge in [0, 0.05) is 25.2 Å². The van der Waals surface area contributed by atoms with Crippen LogP contribution in [0.1, 0.15) is 18.6 Å². The van der Waals surface area contributed by atoms with Gasteiger partial charge in [-0.25, -0.2) is 8.78 Å². The van der Waals surface area contributed by atoms with E-state index in [2.05, 4.69) is 10.1 Å². The lowest BCUT2D eigenvalue weighted by atomic mass is 10.2. The number of aromatic nitrogens is 2. The van der Waals surface area contributed by atoms with Crippen LogP contribution in [-0.4, -0.2) is 17.2 Å². The first-order valence-corrected chi connectivity index (χ1v) is 5.57. The molecule has 1 aromatic heterocycles. The summed E-state index contributed by atoms with van der Waals surface area (Å²) in [4.78, 5) is 5.86. The van der Waals surface area contributed by atoms with Crippen molar-refractivity contribution in [1.82, 2.24) is 10.1 Å². The minimum absolute atomic E-state index is 0.370. The van der Waals surface area contributed by atoms with Gasteiger partial charge in [-0.15, -0.1) is 0 Å². The van der Waals surface area contributed by atoms with Crippen LogP contribution >= 0.6 is 0 Å². The van der Waals surface area contributed by atoms with Gasteiger partial charge >= 0.3 is 0 Å². The summed E-state index contributed by atoms with van der Waals surface area (Å²) >= 11 is 0. The first kappa shape index (κ1) is 12.5. The minimum Gasteiger partial charge on any atom is -0.367 e. The van der Waals surface area contributed by atoms with Gasteiger partial charge in [-0.3, -0.25) is 0 Å². The van der Waals surface area contributed by atoms with Gasteiger partial charge in [0.15, 0.2) is 17.5 Å². The van der Waals surface area contributed by atoms with Crippen molar-refractivity contribution in [3.8, 4) is 0 Å². The van der Waals surface area contributed by atoms with Gasteiger partial charge in [0.2, 0.25) is 5.89 Å². The fourth-order valence-corrected chi connectivity index (χ4v) is 1.52. The third-order valence-electron chi connectivity index (χ3n) is 2.54. The van der Waals surface area contributed by atoms with Crippen LogP contribution in [-0.2, 0) is 13.0 Å². The molecule has 1 heterocycles. The van der Waals surface area contributed by atoms with E-state index < -0.39 is 11.6 Å². The highest BCUT2D eigenvalue weighted by Gasteiger charge is 2.10. The number of rotatable bonds is 4. The molecule has 4 nitrogen and oxygen atoms in total. The van der Waals surface area contributed by atoms with Crippen LogP contribution in [0.5, 0.6) is 0 Å². The Balaban J connectivity index is 2.11. The largest absolute Gasteiger partial charge is 0.367 e. The van der Waals surface area contributed by atoms with Crippen molar-refractivity contribution in [3.63, 3.8) is 0 Å². The predicted octanol–water partition coefficient (Wildman–Crippen LogP) is 2.55. The molecule has 96 valence electrons. The Morgan fingerprint density at radius 1 is 1.28 bits per heavy atom. The van der Waals surface area contributed by atoms with Crippen molar-refractivity contribution in [2.24, 2.45) is 0 Å². The lowest BCUT2D eigenvalue weighted by Gasteiger charge is -2.17. The van der Waals surface area contributed by atoms with E-state index in [4.69, 9.17) is 4.52 Å². The summed E-state index contributed by atoms with van der Waals surface area (Å²) < 4.78 is 30.9. The van der Waals surface area contributed by atoms with Gasteiger partial charge in [0.25, 0.3) is 0 Å². The molecule has 0 saturated carbocycles. The molecule has 0 fully saturated rings. The molecule has 1 aromatic carbocycles. The molecule has 0 aliphatic carbocycles. The van der Waals surface area contributed by atoms with Gasteiger partial charge in [-0.2, -0.15) is 4.98 Å². The van der Waals surface area contributed by atoms with E-state index in [0.717, 1.165) is 12.1 Å². The molecule has 0 unspecified atom stereocenters. The third kappa shape index (κ3) is 2.64. The molecule has 0 aliphatic rings. The number of anilines is 1. The fourth-order valence-electron chi connectivity index (χ4n) is 1.52. The Labute approximate surface area is 103 Å².